The number of pyridine rings is 1. The van der Waals surface area contributed by atoms with Crippen LogP contribution in [0.25, 0.3) is 10.9 Å². The number of aromatic nitrogens is 1. The second kappa shape index (κ2) is 7.75. The van der Waals surface area contributed by atoms with E-state index in [2.05, 4.69) is 10.3 Å². The number of amides is 2. The lowest BCUT2D eigenvalue weighted by Gasteiger charge is -2.52. The predicted octanol–water partition coefficient (Wildman–Crippen LogP) is 6.36. The van der Waals surface area contributed by atoms with Gasteiger partial charge in [-0.15, -0.1) is 0 Å². The molecule has 160 valence electrons. The lowest BCUT2D eigenvalue weighted by molar-refractivity contribution is 0.0295. The number of rotatable bonds is 2. The van der Waals surface area contributed by atoms with E-state index in [4.69, 9.17) is 11.6 Å². The number of nitrogens with one attached hydrogen (secondary N) is 1. The lowest BCUT2D eigenvalue weighted by atomic mass is 9.56. The van der Waals surface area contributed by atoms with Gasteiger partial charge in [-0.1, -0.05) is 11.6 Å². The largest absolute Gasteiger partial charge is 0.324 e. The van der Waals surface area contributed by atoms with Crippen molar-refractivity contribution >= 4 is 34.2 Å². The molecule has 1 N–H and O–H groups in total. The summed E-state index contributed by atoms with van der Waals surface area (Å²) >= 11 is 5.79. The number of urea groups is 1. The Bertz CT molecular complexity index is 1150. The molecule has 1 aromatic heterocycles. The highest BCUT2D eigenvalue weighted by molar-refractivity contribution is 6.31. The van der Waals surface area contributed by atoms with Crippen LogP contribution in [0.15, 0.2) is 48.7 Å². The molecule has 2 aromatic carbocycles. The molecular formula is C24H22ClF2N3O. The van der Waals surface area contributed by atoms with Gasteiger partial charge in [-0.2, -0.15) is 0 Å². The van der Waals surface area contributed by atoms with Crippen LogP contribution in [0, 0.1) is 17.0 Å². The molecule has 2 heterocycles. The second-order valence-electron chi connectivity index (χ2n) is 8.71. The number of hydrogen-bond acceptors (Lipinski definition) is 2. The van der Waals surface area contributed by atoms with Gasteiger partial charge in [-0.3, -0.25) is 4.98 Å². The summed E-state index contributed by atoms with van der Waals surface area (Å²) in [5.41, 5.74) is 2.72. The van der Waals surface area contributed by atoms with Gasteiger partial charge in [0.25, 0.3) is 0 Å². The third-order valence-corrected chi connectivity index (χ3v) is 7.11. The Hall–Kier alpha value is -2.73. The fourth-order valence-electron chi connectivity index (χ4n) is 5.07. The van der Waals surface area contributed by atoms with Gasteiger partial charge in [0.2, 0.25) is 0 Å². The molecule has 31 heavy (non-hydrogen) atoms. The average molecular weight is 442 g/mol. The summed E-state index contributed by atoms with van der Waals surface area (Å²) in [6, 6.07) is 10.7. The van der Waals surface area contributed by atoms with Crippen LogP contribution in [0.2, 0.25) is 5.02 Å². The minimum Gasteiger partial charge on any atom is -0.324 e. The molecule has 0 bridgehead atoms. The zero-order chi connectivity index (χ0) is 21.6. The molecule has 2 amide bonds. The summed E-state index contributed by atoms with van der Waals surface area (Å²) in [4.78, 5) is 18.7. The van der Waals surface area contributed by atoms with Crippen molar-refractivity contribution in [2.45, 2.75) is 31.6 Å². The van der Waals surface area contributed by atoms with Crippen LogP contribution >= 0.6 is 11.6 Å². The van der Waals surface area contributed by atoms with E-state index in [1.165, 1.54) is 29.8 Å². The van der Waals surface area contributed by atoms with E-state index in [1.807, 2.05) is 6.07 Å². The van der Waals surface area contributed by atoms with E-state index in [0.717, 1.165) is 36.6 Å². The number of carbonyl (C=O) groups excluding carboxylic acids is 1. The maximum absolute atomic E-state index is 13.8. The van der Waals surface area contributed by atoms with Crippen LogP contribution in [-0.4, -0.2) is 29.0 Å². The predicted molar refractivity (Wildman–Crippen MR) is 117 cm³/mol. The molecule has 1 spiro atoms. The van der Waals surface area contributed by atoms with Crippen LogP contribution in [0.3, 0.4) is 0 Å². The highest BCUT2D eigenvalue weighted by Crippen LogP contribution is 2.57. The Balaban J connectivity index is 1.21. The smallest absolute Gasteiger partial charge is 0.321 e. The number of carbonyl (C=O) groups is 1. The third kappa shape index (κ3) is 3.85. The number of nitrogens with zero attached hydrogens (tertiary/aromatic N) is 2. The highest BCUT2D eigenvalue weighted by Gasteiger charge is 2.47. The molecule has 0 radical (unpaired) electrons. The van der Waals surface area contributed by atoms with E-state index in [-0.39, 0.29) is 22.3 Å². The summed E-state index contributed by atoms with van der Waals surface area (Å²) in [6.45, 7) is 1.36. The van der Waals surface area contributed by atoms with Crippen LogP contribution in [0.5, 0.6) is 0 Å². The van der Waals surface area contributed by atoms with E-state index in [9.17, 15) is 13.6 Å². The molecule has 1 aliphatic heterocycles. The van der Waals surface area contributed by atoms with Gasteiger partial charge >= 0.3 is 6.03 Å². The molecule has 1 saturated heterocycles. The van der Waals surface area contributed by atoms with Crippen LogP contribution in [0.4, 0.5) is 19.3 Å². The van der Waals surface area contributed by atoms with E-state index in [1.54, 1.807) is 23.2 Å². The first-order chi connectivity index (χ1) is 14.9. The quantitative estimate of drug-likeness (QED) is 0.503. The monoisotopic (exact) mass is 441 g/mol. The van der Waals surface area contributed by atoms with Gasteiger partial charge in [0.05, 0.1) is 10.5 Å². The zero-order valence-electron chi connectivity index (χ0n) is 16.9. The Morgan fingerprint density at radius 3 is 2.61 bits per heavy atom. The number of halogens is 3. The first kappa shape index (κ1) is 20.2. The van der Waals surface area contributed by atoms with Gasteiger partial charge < -0.3 is 10.2 Å². The van der Waals surface area contributed by atoms with Crippen LogP contribution in [-0.2, 0) is 0 Å². The van der Waals surface area contributed by atoms with Crippen molar-refractivity contribution in [2.75, 3.05) is 18.4 Å². The highest BCUT2D eigenvalue weighted by atomic mass is 35.5. The number of benzene rings is 2. The van der Waals surface area contributed by atoms with Crippen molar-refractivity contribution in [3.8, 4) is 0 Å². The standard InChI is InChI=1S/C24H22ClF2N3O/c25-20-12-17(2-3-21(20)27)29-23(31)30-9-6-24(7-10-30)13-15(14-24)18-5-8-28-22-4-1-16(26)11-19(18)22/h1-5,8,11-12,15H,6-7,9-10,13-14H2,(H,29,31). The zero-order valence-corrected chi connectivity index (χ0v) is 17.6. The van der Waals surface area contributed by atoms with E-state index >= 15 is 0 Å². The molecule has 2 aliphatic rings. The normalized spacial score (nSPS) is 18.2. The van der Waals surface area contributed by atoms with Gasteiger partial charge in [-0.25, -0.2) is 13.6 Å². The summed E-state index contributed by atoms with van der Waals surface area (Å²) in [6.07, 6.45) is 5.78. The van der Waals surface area contributed by atoms with Crippen molar-refractivity contribution < 1.29 is 13.6 Å². The molecule has 0 atom stereocenters. The van der Waals surface area contributed by atoms with Gasteiger partial charge in [0.1, 0.15) is 11.6 Å². The molecule has 2 fully saturated rings. The van der Waals surface area contributed by atoms with E-state index in [0.29, 0.717) is 24.7 Å². The minimum atomic E-state index is -0.510. The number of fused-ring (bicyclic) bond motifs is 1. The SMILES string of the molecule is O=C(Nc1ccc(F)c(Cl)c1)N1CCC2(CC1)CC(c1ccnc3ccc(F)cc13)C2. The second-order valence-corrected chi connectivity index (χ2v) is 9.12. The van der Waals surface area contributed by atoms with E-state index < -0.39 is 5.82 Å². The van der Waals surface area contributed by atoms with Crippen LogP contribution in [0.1, 0.15) is 37.2 Å². The minimum absolute atomic E-state index is 0.0144. The number of likely N-dealkylation sites (tertiary alicyclic amines) is 1. The van der Waals surface area contributed by atoms with Crippen molar-refractivity contribution in [2.24, 2.45) is 5.41 Å². The van der Waals surface area contributed by atoms with Crippen LogP contribution < -0.4 is 5.32 Å². The third-order valence-electron chi connectivity index (χ3n) is 6.82. The molecule has 5 rings (SSSR count). The summed E-state index contributed by atoms with van der Waals surface area (Å²) in [5, 5.41) is 3.68. The molecule has 0 unspecified atom stereocenters. The summed E-state index contributed by atoms with van der Waals surface area (Å²) < 4.78 is 27.1. The molecule has 4 nitrogen and oxygen atoms in total. The average Bonchev–Trinajstić information content (AvgIpc) is 2.74. The Morgan fingerprint density at radius 1 is 1.10 bits per heavy atom. The van der Waals surface area contributed by atoms with Crippen molar-refractivity contribution in [3.63, 3.8) is 0 Å². The lowest BCUT2D eigenvalue weighted by Crippen LogP contribution is -2.49. The van der Waals surface area contributed by atoms with Gasteiger partial charge in [0, 0.05) is 30.4 Å². The molecular weight excluding hydrogens is 420 g/mol. The molecule has 7 heteroatoms. The van der Waals surface area contributed by atoms with Crippen molar-refractivity contribution in [1.82, 2.24) is 9.88 Å². The number of hydrogen-bond donors (Lipinski definition) is 1. The number of anilines is 1. The number of piperidine rings is 1. The Morgan fingerprint density at radius 2 is 1.87 bits per heavy atom. The Kier molecular flexibility index (Phi) is 5.05. The van der Waals surface area contributed by atoms with Crippen molar-refractivity contribution in [3.05, 3.63) is 70.9 Å². The molecule has 1 aliphatic carbocycles. The fourth-order valence-corrected chi connectivity index (χ4v) is 5.25. The topological polar surface area (TPSA) is 45.2 Å². The van der Waals surface area contributed by atoms with Crippen molar-refractivity contribution in [1.29, 1.82) is 0 Å². The van der Waals surface area contributed by atoms with Gasteiger partial charge in [-0.05, 0) is 85.0 Å². The van der Waals surface area contributed by atoms with Gasteiger partial charge in [0.15, 0.2) is 0 Å². The Labute approximate surface area is 184 Å². The maximum Gasteiger partial charge on any atom is 0.321 e. The fraction of sp³-hybridized carbons (Fsp3) is 0.333. The summed E-state index contributed by atoms with van der Waals surface area (Å²) in [5.74, 6) is -0.351. The first-order valence-corrected chi connectivity index (χ1v) is 10.9. The molecule has 3 aromatic rings. The first-order valence-electron chi connectivity index (χ1n) is 10.5. The maximum atomic E-state index is 13.8. The molecule has 1 saturated carbocycles. The summed E-state index contributed by atoms with van der Waals surface area (Å²) in [7, 11) is 0.